The molecule has 0 radical (unpaired) electrons. The standard InChI is InChI=1S/C37H34BrN3O4S/c1-46(43,44)41(26-28-12-6-3-7-13-28)36-22-29(16-19-33(36)38)37(42)24-39-20-21-45-30-17-18-32-31-14-8-9-15-34(31)40(35(32)23-30)25-27-10-4-2-5-11-27/h2-19,22-23,39H,20-21,24-26H2,1H3. The number of nitrogens with one attached hydrogen (secondary N) is 1. The van der Waals surface area contributed by atoms with Crippen LogP contribution in [0.25, 0.3) is 21.8 Å². The maximum atomic E-state index is 13.1. The van der Waals surface area contributed by atoms with E-state index in [1.165, 1.54) is 32.4 Å². The second-order valence-electron chi connectivity index (χ2n) is 11.1. The van der Waals surface area contributed by atoms with Crippen LogP contribution in [0.5, 0.6) is 5.75 Å². The van der Waals surface area contributed by atoms with E-state index in [1.807, 2.05) is 42.5 Å². The molecule has 0 spiro atoms. The number of sulfonamides is 1. The molecular formula is C37H34BrN3O4S. The molecule has 0 aliphatic rings. The Balaban J connectivity index is 1.10. The number of anilines is 1. The van der Waals surface area contributed by atoms with Gasteiger partial charge in [0.25, 0.3) is 0 Å². The van der Waals surface area contributed by atoms with Gasteiger partial charge in [-0.25, -0.2) is 8.42 Å². The van der Waals surface area contributed by atoms with Crippen LogP contribution in [0, 0.1) is 0 Å². The molecule has 0 fully saturated rings. The van der Waals surface area contributed by atoms with Crippen molar-refractivity contribution in [3.63, 3.8) is 0 Å². The first-order valence-corrected chi connectivity index (χ1v) is 17.6. The van der Waals surface area contributed by atoms with Crippen molar-refractivity contribution in [3.8, 4) is 5.75 Å². The smallest absolute Gasteiger partial charge is 0.232 e. The first kappa shape index (κ1) is 31.5. The normalized spacial score (nSPS) is 11.6. The van der Waals surface area contributed by atoms with Crippen molar-refractivity contribution in [2.24, 2.45) is 0 Å². The van der Waals surface area contributed by atoms with E-state index in [1.54, 1.807) is 18.2 Å². The summed E-state index contributed by atoms with van der Waals surface area (Å²) in [7, 11) is -3.61. The van der Waals surface area contributed by atoms with Crippen LogP contribution < -0.4 is 14.4 Å². The van der Waals surface area contributed by atoms with Gasteiger partial charge in [0.15, 0.2) is 5.78 Å². The maximum Gasteiger partial charge on any atom is 0.232 e. The second-order valence-corrected chi connectivity index (χ2v) is 13.9. The Morgan fingerprint density at radius 2 is 1.48 bits per heavy atom. The third-order valence-corrected chi connectivity index (χ3v) is 9.66. The van der Waals surface area contributed by atoms with Crippen LogP contribution in [0.3, 0.4) is 0 Å². The van der Waals surface area contributed by atoms with Gasteiger partial charge in [-0.3, -0.25) is 9.10 Å². The summed E-state index contributed by atoms with van der Waals surface area (Å²) in [6, 6.07) is 39.4. The van der Waals surface area contributed by atoms with Gasteiger partial charge < -0.3 is 14.6 Å². The van der Waals surface area contributed by atoms with Gasteiger partial charge in [-0.05, 0) is 57.4 Å². The summed E-state index contributed by atoms with van der Waals surface area (Å²) in [6.07, 6.45) is 1.17. The van der Waals surface area contributed by atoms with Crippen molar-refractivity contribution in [2.45, 2.75) is 13.1 Å². The van der Waals surface area contributed by atoms with Gasteiger partial charge in [0.1, 0.15) is 12.4 Å². The van der Waals surface area contributed by atoms with Crippen molar-refractivity contribution in [3.05, 3.63) is 142 Å². The molecule has 0 amide bonds. The van der Waals surface area contributed by atoms with Crippen molar-refractivity contribution < 1.29 is 17.9 Å². The lowest BCUT2D eigenvalue weighted by atomic mass is 10.1. The summed E-state index contributed by atoms with van der Waals surface area (Å²) in [5, 5.41) is 5.55. The molecule has 1 N–H and O–H groups in total. The molecule has 234 valence electrons. The maximum absolute atomic E-state index is 13.1. The van der Waals surface area contributed by atoms with Crippen molar-refractivity contribution in [1.82, 2.24) is 9.88 Å². The zero-order chi connectivity index (χ0) is 32.1. The Morgan fingerprint density at radius 3 is 2.22 bits per heavy atom. The number of hydrogen-bond acceptors (Lipinski definition) is 5. The first-order chi connectivity index (χ1) is 22.3. The quantitative estimate of drug-likeness (QED) is 0.100. The highest BCUT2D eigenvalue weighted by Gasteiger charge is 2.22. The van der Waals surface area contributed by atoms with E-state index < -0.39 is 10.0 Å². The molecule has 0 bridgehead atoms. The average Bonchev–Trinajstić information content (AvgIpc) is 3.36. The lowest BCUT2D eigenvalue weighted by Crippen LogP contribution is -2.30. The third-order valence-electron chi connectivity index (χ3n) is 7.87. The monoisotopic (exact) mass is 695 g/mol. The van der Waals surface area contributed by atoms with Gasteiger partial charge >= 0.3 is 0 Å². The molecule has 0 aliphatic carbocycles. The van der Waals surface area contributed by atoms with Crippen LogP contribution in [-0.2, 0) is 23.1 Å². The molecule has 1 aromatic heterocycles. The van der Waals surface area contributed by atoms with Gasteiger partial charge in [0.2, 0.25) is 10.0 Å². The molecule has 0 saturated heterocycles. The molecule has 0 atom stereocenters. The number of carbonyl (C=O) groups excluding carboxylic acids is 1. The number of rotatable bonds is 13. The van der Waals surface area contributed by atoms with Crippen LogP contribution in [0.2, 0.25) is 0 Å². The Morgan fingerprint density at radius 1 is 0.804 bits per heavy atom. The molecule has 0 saturated carbocycles. The fraction of sp³-hybridized carbons (Fsp3) is 0.162. The minimum Gasteiger partial charge on any atom is -0.492 e. The molecule has 46 heavy (non-hydrogen) atoms. The molecule has 0 unspecified atom stereocenters. The van der Waals surface area contributed by atoms with E-state index in [4.69, 9.17) is 4.74 Å². The summed E-state index contributed by atoms with van der Waals surface area (Å²) >= 11 is 3.48. The lowest BCUT2D eigenvalue weighted by molar-refractivity contribution is 0.0990. The summed E-state index contributed by atoms with van der Waals surface area (Å²) < 4.78 is 35.8. The van der Waals surface area contributed by atoms with Crippen molar-refractivity contribution in [2.75, 3.05) is 30.3 Å². The van der Waals surface area contributed by atoms with Crippen molar-refractivity contribution in [1.29, 1.82) is 0 Å². The summed E-state index contributed by atoms with van der Waals surface area (Å²) in [5.41, 5.74) is 5.19. The molecule has 5 aromatic carbocycles. The van der Waals surface area contributed by atoms with Gasteiger partial charge in [0, 0.05) is 45.5 Å². The predicted octanol–water partition coefficient (Wildman–Crippen LogP) is 7.42. The summed E-state index contributed by atoms with van der Waals surface area (Å²) in [5.74, 6) is 0.614. The fourth-order valence-electron chi connectivity index (χ4n) is 5.61. The highest BCUT2D eigenvalue weighted by Crippen LogP contribution is 2.33. The summed E-state index contributed by atoms with van der Waals surface area (Å²) in [4.78, 5) is 13.1. The van der Waals surface area contributed by atoms with E-state index in [9.17, 15) is 13.2 Å². The Labute approximate surface area is 277 Å². The largest absolute Gasteiger partial charge is 0.492 e. The second kappa shape index (κ2) is 13.9. The van der Waals surface area contributed by atoms with E-state index in [2.05, 4.69) is 86.5 Å². The highest BCUT2D eigenvalue weighted by molar-refractivity contribution is 9.10. The fourth-order valence-corrected chi connectivity index (χ4v) is 7.08. The third kappa shape index (κ3) is 7.17. The SMILES string of the molecule is CS(=O)(=O)N(Cc1ccccc1)c1cc(C(=O)CNCCOc2ccc3c4ccccc4n(Cc4ccccc4)c3c2)ccc1Br. The zero-order valence-electron chi connectivity index (χ0n) is 25.4. The van der Waals surface area contributed by atoms with Crippen LogP contribution in [0.15, 0.2) is 126 Å². The zero-order valence-corrected chi connectivity index (χ0v) is 27.8. The minimum absolute atomic E-state index is 0.0896. The number of Topliss-reactive ketones (excluding diaryl/α,β-unsaturated/α-hetero) is 1. The van der Waals surface area contributed by atoms with E-state index >= 15 is 0 Å². The van der Waals surface area contributed by atoms with Crippen LogP contribution in [0.4, 0.5) is 5.69 Å². The van der Waals surface area contributed by atoms with Gasteiger partial charge in [-0.1, -0.05) is 84.9 Å². The first-order valence-electron chi connectivity index (χ1n) is 15.0. The van der Waals surface area contributed by atoms with Crippen LogP contribution in [0.1, 0.15) is 21.5 Å². The number of para-hydroxylation sites is 1. The lowest BCUT2D eigenvalue weighted by Gasteiger charge is -2.24. The van der Waals surface area contributed by atoms with Crippen LogP contribution >= 0.6 is 15.9 Å². The molecule has 6 rings (SSSR count). The number of aromatic nitrogens is 1. The highest BCUT2D eigenvalue weighted by atomic mass is 79.9. The van der Waals surface area contributed by atoms with Gasteiger partial charge in [-0.2, -0.15) is 0 Å². The molecule has 9 heteroatoms. The van der Waals surface area contributed by atoms with Gasteiger partial charge in [-0.15, -0.1) is 0 Å². The number of ether oxygens (including phenoxy) is 1. The number of hydrogen-bond donors (Lipinski definition) is 1. The molecule has 1 heterocycles. The summed E-state index contributed by atoms with van der Waals surface area (Å²) in [6.45, 7) is 1.84. The topological polar surface area (TPSA) is 80.6 Å². The molecular weight excluding hydrogens is 662 g/mol. The van der Waals surface area contributed by atoms with Gasteiger partial charge in [0.05, 0.1) is 30.5 Å². The molecule has 7 nitrogen and oxygen atoms in total. The number of carbonyl (C=O) groups is 1. The number of fused-ring (bicyclic) bond motifs is 3. The van der Waals surface area contributed by atoms with Crippen LogP contribution in [-0.4, -0.2) is 44.7 Å². The predicted molar refractivity (Wildman–Crippen MR) is 189 cm³/mol. The van der Waals surface area contributed by atoms with E-state index in [-0.39, 0.29) is 18.9 Å². The minimum atomic E-state index is -3.61. The molecule has 0 aliphatic heterocycles. The number of halogens is 1. The van der Waals surface area contributed by atoms with E-state index in [0.717, 1.165) is 23.4 Å². The molecule has 6 aromatic rings. The Kier molecular flexibility index (Phi) is 9.53. The number of ketones is 1. The van der Waals surface area contributed by atoms with E-state index in [0.29, 0.717) is 28.9 Å². The number of benzene rings is 5. The Bertz CT molecular complexity index is 2100. The number of nitrogens with zero attached hydrogens (tertiary/aromatic N) is 2. The van der Waals surface area contributed by atoms with Crippen molar-refractivity contribution >= 4 is 59.2 Å². The average molecular weight is 697 g/mol. The Hall–Kier alpha value is -4.44.